The summed E-state index contributed by atoms with van der Waals surface area (Å²) in [5.74, 6) is 0.0955. The van der Waals surface area contributed by atoms with E-state index in [9.17, 15) is 4.79 Å². The summed E-state index contributed by atoms with van der Waals surface area (Å²) in [6.07, 6.45) is 3.53. The van der Waals surface area contributed by atoms with Gasteiger partial charge in [0.1, 0.15) is 0 Å². The van der Waals surface area contributed by atoms with Gasteiger partial charge in [-0.1, -0.05) is 24.3 Å². The molecular formula is C14H18N2O. The van der Waals surface area contributed by atoms with Gasteiger partial charge in [-0.15, -0.1) is 0 Å². The molecule has 0 aromatic heterocycles. The predicted molar refractivity (Wildman–Crippen MR) is 69.2 cm³/mol. The minimum Gasteiger partial charge on any atom is -0.374 e. The molecule has 0 aliphatic carbocycles. The maximum Gasteiger partial charge on any atom is 0.220 e. The summed E-state index contributed by atoms with van der Waals surface area (Å²) >= 11 is 0. The number of hydrogen-bond acceptors (Lipinski definition) is 2. The largest absolute Gasteiger partial charge is 0.374 e. The lowest BCUT2D eigenvalue weighted by Crippen LogP contribution is -2.23. The number of carbonyl (C=O) groups is 1. The van der Waals surface area contributed by atoms with Crippen molar-refractivity contribution in [2.45, 2.75) is 19.4 Å². The summed E-state index contributed by atoms with van der Waals surface area (Å²) in [7, 11) is 3.75. The van der Waals surface area contributed by atoms with Crippen molar-refractivity contribution in [2.75, 3.05) is 14.1 Å². The molecule has 2 rings (SSSR count). The first kappa shape index (κ1) is 11.7. The number of nitrogens with zero attached hydrogens (tertiary/aromatic N) is 1. The molecule has 0 saturated carbocycles. The first-order chi connectivity index (χ1) is 8.20. The van der Waals surface area contributed by atoms with E-state index in [-0.39, 0.29) is 5.91 Å². The second kappa shape index (κ2) is 5.04. The number of rotatable bonds is 3. The van der Waals surface area contributed by atoms with Crippen molar-refractivity contribution in [1.29, 1.82) is 0 Å². The third-order valence-electron chi connectivity index (χ3n) is 3.16. The number of fused-ring (bicyclic) bond motifs is 1. The summed E-state index contributed by atoms with van der Waals surface area (Å²) < 4.78 is 0. The van der Waals surface area contributed by atoms with Gasteiger partial charge < -0.3 is 10.2 Å². The summed E-state index contributed by atoms with van der Waals surface area (Å²) in [5, 5.41) is 2.65. The summed E-state index contributed by atoms with van der Waals surface area (Å²) in [6.45, 7) is 0.926. The van der Waals surface area contributed by atoms with Gasteiger partial charge >= 0.3 is 0 Å². The Morgan fingerprint density at radius 2 is 2.18 bits per heavy atom. The van der Waals surface area contributed by atoms with Crippen LogP contribution in [-0.2, 0) is 11.3 Å². The summed E-state index contributed by atoms with van der Waals surface area (Å²) in [6, 6.07) is 8.40. The molecule has 3 nitrogen and oxygen atoms in total. The second-order valence-electron chi connectivity index (χ2n) is 4.36. The van der Waals surface area contributed by atoms with Crippen molar-refractivity contribution < 1.29 is 4.79 Å². The second-order valence-corrected chi connectivity index (χ2v) is 4.36. The number of nitrogens with one attached hydrogen (secondary N) is 1. The number of carbonyl (C=O) groups excluding carboxylic acids is 1. The van der Waals surface area contributed by atoms with Crippen molar-refractivity contribution >= 4 is 12.0 Å². The number of benzene rings is 1. The van der Waals surface area contributed by atoms with E-state index >= 15 is 0 Å². The Hall–Kier alpha value is -1.77. The van der Waals surface area contributed by atoms with Crippen molar-refractivity contribution in [3.05, 3.63) is 41.1 Å². The van der Waals surface area contributed by atoms with Gasteiger partial charge in [-0.3, -0.25) is 4.79 Å². The fourth-order valence-electron chi connectivity index (χ4n) is 2.10. The number of amides is 1. The van der Waals surface area contributed by atoms with E-state index in [4.69, 9.17) is 0 Å². The van der Waals surface area contributed by atoms with Gasteiger partial charge in [-0.2, -0.15) is 0 Å². The molecule has 90 valence electrons. The molecule has 0 unspecified atom stereocenters. The van der Waals surface area contributed by atoms with Gasteiger partial charge in [0.15, 0.2) is 0 Å². The van der Waals surface area contributed by atoms with Gasteiger partial charge in [0.2, 0.25) is 5.91 Å². The topological polar surface area (TPSA) is 32.3 Å². The van der Waals surface area contributed by atoms with Gasteiger partial charge in [0, 0.05) is 32.8 Å². The predicted octanol–water partition coefficient (Wildman–Crippen LogP) is 2.00. The van der Waals surface area contributed by atoms with E-state index in [0.717, 1.165) is 13.0 Å². The van der Waals surface area contributed by atoms with Gasteiger partial charge in [0.25, 0.3) is 0 Å². The first-order valence-corrected chi connectivity index (χ1v) is 5.91. The molecule has 1 heterocycles. The molecule has 1 N–H and O–H groups in total. The lowest BCUT2D eigenvalue weighted by molar-refractivity contribution is -0.120. The Labute approximate surface area is 102 Å². The Morgan fingerprint density at radius 3 is 2.94 bits per heavy atom. The minimum atomic E-state index is 0.0955. The standard InChI is InChI=1S/C14H18N2O/c1-15-14(17)8-7-13-9-11-5-3-4-6-12(11)10-16(13)2/h3-6,9H,7-8,10H2,1-2H3,(H,15,17). The molecule has 1 aromatic carbocycles. The highest BCUT2D eigenvalue weighted by molar-refractivity contribution is 5.76. The summed E-state index contributed by atoms with van der Waals surface area (Å²) in [4.78, 5) is 13.5. The van der Waals surface area contributed by atoms with E-state index in [0.29, 0.717) is 6.42 Å². The normalized spacial score (nSPS) is 14.0. The van der Waals surface area contributed by atoms with Crippen molar-refractivity contribution in [3.63, 3.8) is 0 Å². The molecule has 1 amide bonds. The molecule has 0 fully saturated rings. The molecule has 0 spiro atoms. The van der Waals surface area contributed by atoms with Crippen molar-refractivity contribution in [2.24, 2.45) is 0 Å². The quantitative estimate of drug-likeness (QED) is 0.861. The smallest absolute Gasteiger partial charge is 0.220 e. The first-order valence-electron chi connectivity index (χ1n) is 5.91. The van der Waals surface area contributed by atoms with Crippen LogP contribution in [0, 0.1) is 0 Å². The molecule has 0 saturated heterocycles. The Kier molecular flexibility index (Phi) is 3.47. The molecule has 1 aliphatic heterocycles. The zero-order valence-corrected chi connectivity index (χ0v) is 10.4. The van der Waals surface area contributed by atoms with E-state index in [1.54, 1.807) is 7.05 Å². The van der Waals surface area contributed by atoms with E-state index in [2.05, 4.69) is 47.6 Å². The lowest BCUT2D eigenvalue weighted by atomic mass is 10.00. The van der Waals surface area contributed by atoms with Crippen LogP contribution in [0.25, 0.3) is 6.08 Å². The lowest BCUT2D eigenvalue weighted by Gasteiger charge is -2.28. The van der Waals surface area contributed by atoms with E-state index < -0.39 is 0 Å². The maximum atomic E-state index is 11.2. The molecule has 1 aliphatic rings. The van der Waals surface area contributed by atoms with Crippen LogP contribution in [0.3, 0.4) is 0 Å². The molecule has 1 aromatic rings. The third kappa shape index (κ3) is 2.67. The molecule has 0 radical (unpaired) electrons. The van der Waals surface area contributed by atoms with Gasteiger partial charge in [0.05, 0.1) is 0 Å². The maximum absolute atomic E-state index is 11.2. The monoisotopic (exact) mass is 230 g/mol. The Balaban J connectivity index is 2.12. The Bertz CT molecular complexity index is 451. The number of allylic oxidation sites excluding steroid dienone is 1. The number of hydrogen-bond donors (Lipinski definition) is 1. The highest BCUT2D eigenvalue weighted by Crippen LogP contribution is 2.25. The van der Waals surface area contributed by atoms with Crippen molar-refractivity contribution in [3.8, 4) is 0 Å². The van der Waals surface area contributed by atoms with E-state index in [1.165, 1.54) is 16.8 Å². The van der Waals surface area contributed by atoms with Crippen LogP contribution in [0.1, 0.15) is 24.0 Å². The van der Waals surface area contributed by atoms with Gasteiger partial charge in [-0.05, 0) is 23.6 Å². The Morgan fingerprint density at radius 1 is 1.41 bits per heavy atom. The van der Waals surface area contributed by atoms with Crippen LogP contribution in [0.5, 0.6) is 0 Å². The fraction of sp³-hybridized carbons (Fsp3) is 0.357. The zero-order chi connectivity index (χ0) is 12.3. The SMILES string of the molecule is CNC(=O)CCC1=Cc2ccccc2CN1C. The highest BCUT2D eigenvalue weighted by Gasteiger charge is 2.14. The van der Waals surface area contributed by atoms with E-state index in [1.807, 2.05) is 0 Å². The highest BCUT2D eigenvalue weighted by atomic mass is 16.1. The van der Waals surface area contributed by atoms with Crippen LogP contribution in [-0.4, -0.2) is 24.9 Å². The fourth-order valence-corrected chi connectivity index (χ4v) is 2.10. The average molecular weight is 230 g/mol. The molecule has 0 bridgehead atoms. The van der Waals surface area contributed by atoms with Crippen LogP contribution in [0.15, 0.2) is 30.0 Å². The molecule has 17 heavy (non-hydrogen) atoms. The van der Waals surface area contributed by atoms with Crippen LogP contribution >= 0.6 is 0 Å². The average Bonchev–Trinajstić information content (AvgIpc) is 2.35. The van der Waals surface area contributed by atoms with Crippen LogP contribution < -0.4 is 5.32 Å². The molecular weight excluding hydrogens is 212 g/mol. The molecule has 0 atom stereocenters. The zero-order valence-electron chi connectivity index (χ0n) is 10.4. The molecule has 3 heteroatoms. The third-order valence-corrected chi connectivity index (χ3v) is 3.16. The summed E-state index contributed by atoms with van der Waals surface area (Å²) in [5.41, 5.74) is 3.85. The van der Waals surface area contributed by atoms with Crippen LogP contribution in [0.2, 0.25) is 0 Å². The van der Waals surface area contributed by atoms with Gasteiger partial charge in [-0.25, -0.2) is 0 Å². The van der Waals surface area contributed by atoms with Crippen LogP contribution in [0.4, 0.5) is 0 Å². The van der Waals surface area contributed by atoms with Crippen molar-refractivity contribution in [1.82, 2.24) is 10.2 Å². The minimum absolute atomic E-state index is 0.0955.